The van der Waals surface area contributed by atoms with Gasteiger partial charge in [0.25, 0.3) is 5.91 Å². The third kappa shape index (κ3) is 3.84. The summed E-state index contributed by atoms with van der Waals surface area (Å²) >= 11 is 0. The number of rotatable bonds is 5. The molecule has 1 N–H and O–H groups in total. The summed E-state index contributed by atoms with van der Waals surface area (Å²) in [6, 6.07) is 0.0969. The minimum absolute atomic E-state index is 0.0276. The van der Waals surface area contributed by atoms with Crippen molar-refractivity contribution < 1.29 is 9.53 Å². The van der Waals surface area contributed by atoms with Crippen LogP contribution in [0.1, 0.15) is 48.8 Å². The van der Waals surface area contributed by atoms with Gasteiger partial charge in [0.2, 0.25) is 0 Å². The minimum Gasteiger partial charge on any atom is -0.372 e. The standard InChI is InChI=1S/C17H25N5O2/c1-12(2)9-22-10-13(7-19-22)17(23)20-14-4-5-24-16(6-14)15-8-18-11-21(15)3/h7-8,10-12,14,16H,4-6,9H2,1-3H3,(H,20,23)/t14-,16-/m1/s1. The van der Waals surface area contributed by atoms with Gasteiger partial charge in [-0.3, -0.25) is 9.48 Å². The first-order valence-corrected chi connectivity index (χ1v) is 8.44. The van der Waals surface area contributed by atoms with E-state index in [1.54, 1.807) is 12.5 Å². The largest absolute Gasteiger partial charge is 0.372 e. The fourth-order valence-corrected chi connectivity index (χ4v) is 3.04. The van der Waals surface area contributed by atoms with Crippen molar-refractivity contribution in [2.24, 2.45) is 13.0 Å². The SMILES string of the molecule is CC(C)Cn1cc(C(=O)N[C@@H]2CCO[C@@H](c3cncn3C)C2)cn1. The number of aryl methyl sites for hydroxylation is 1. The van der Waals surface area contributed by atoms with E-state index in [-0.39, 0.29) is 18.1 Å². The van der Waals surface area contributed by atoms with Crippen molar-refractivity contribution >= 4 is 5.91 Å². The molecule has 0 aliphatic carbocycles. The number of carbonyl (C=O) groups excluding carboxylic acids is 1. The monoisotopic (exact) mass is 331 g/mol. The zero-order chi connectivity index (χ0) is 17.1. The van der Waals surface area contributed by atoms with Crippen molar-refractivity contribution in [2.75, 3.05) is 6.61 Å². The van der Waals surface area contributed by atoms with Crippen LogP contribution in [0, 0.1) is 5.92 Å². The van der Waals surface area contributed by atoms with E-state index in [0.29, 0.717) is 18.1 Å². The Bertz CT molecular complexity index is 691. The first kappa shape index (κ1) is 16.7. The Morgan fingerprint density at radius 3 is 3.00 bits per heavy atom. The van der Waals surface area contributed by atoms with Crippen molar-refractivity contribution in [1.29, 1.82) is 0 Å². The first-order valence-electron chi connectivity index (χ1n) is 8.44. The summed E-state index contributed by atoms with van der Waals surface area (Å²) in [7, 11) is 1.96. The van der Waals surface area contributed by atoms with E-state index in [1.807, 2.05) is 28.7 Å². The summed E-state index contributed by atoms with van der Waals surface area (Å²) in [6.45, 7) is 5.70. The Morgan fingerprint density at radius 2 is 2.29 bits per heavy atom. The van der Waals surface area contributed by atoms with E-state index >= 15 is 0 Å². The molecular weight excluding hydrogens is 306 g/mol. The lowest BCUT2D eigenvalue weighted by Crippen LogP contribution is -2.40. The Balaban J connectivity index is 1.60. The molecule has 2 atom stereocenters. The van der Waals surface area contributed by atoms with Crippen LogP contribution in [0.2, 0.25) is 0 Å². The predicted octanol–water partition coefficient (Wildman–Crippen LogP) is 1.92. The number of aromatic nitrogens is 4. The number of nitrogens with one attached hydrogen (secondary N) is 1. The molecular formula is C17H25N5O2. The second-order valence-electron chi connectivity index (χ2n) is 6.83. The lowest BCUT2D eigenvalue weighted by atomic mass is 10.0. The lowest BCUT2D eigenvalue weighted by Gasteiger charge is -2.30. The number of carbonyl (C=O) groups is 1. The van der Waals surface area contributed by atoms with Gasteiger partial charge in [-0.15, -0.1) is 0 Å². The number of amides is 1. The van der Waals surface area contributed by atoms with Gasteiger partial charge >= 0.3 is 0 Å². The maximum Gasteiger partial charge on any atom is 0.254 e. The van der Waals surface area contributed by atoms with Gasteiger partial charge in [0, 0.05) is 32.4 Å². The summed E-state index contributed by atoms with van der Waals surface area (Å²) in [5.41, 5.74) is 1.65. The van der Waals surface area contributed by atoms with Gasteiger partial charge in [-0.05, 0) is 18.8 Å². The van der Waals surface area contributed by atoms with E-state index in [2.05, 4.69) is 29.2 Å². The molecule has 0 aromatic carbocycles. The lowest BCUT2D eigenvalue weighted by molar-refractivity contribution is -0.00301. The number of ether oxygens (including phenoxy) is 1. The van der Waals surface area contributed by atoms with Crippen molar-refractivity contribution in [3.63, 3.8) is 0 Å². The molecule has 3 rings (SSSR count). The first-order chi connectivity index (χ1) is 11.5. The zero-order valence-corrected chi connectivity index (χ0v) is 14.5. The quantitative estimate of drug-likeness (QED) is 0.908. The van der Waals surface area contributed by atoms with Crippen LogP contribution in [0.4, 0.5) is 0 Å². The number of hydrogen-bond donors (Lipinski definition) is 1. The van der Waals surface area contributed by atoms with Crippen molar-refractivity contribution in [3.8, 4) is 0 Å². The highest BCUT2D eigenvalue weighted by Crippen LogP contribution is 2.27. The molecule has 1 amide bonds. The molecule has 24 heavy (non-hydrogen) atoms. The van der Waals surface area contributed by atoms with Crippen molar-refractivity contribution in [3.05, 3.63) is 36.2 Å². The average Bonchev–Trinajstić information content (AvgIpc) is 3.16. The van der Waals surface area contributed by atoms with Gasteiger partial charge in [0.15, 0.2) is 0 Å². The normalized spacial score (nSPS) is 21.2. The molecule has 0 bridgehead atoms. The molecule has 1 saturated heterocycles. The van der Waals surface area contributed by atoms with Gasteiger partial charge < -0.3 is 14.6 Å². The Labute approximate surface area is 142 Å². The number of hydrogen-bond acceptors (Lipinski definition) is 4. The van der Waals surface area contributed by atoms with Gasteiger partial charge in [0.05, 0.1) is 30.0 Å². The molecule has 0 spiro atoms. The average molecular weight is 331 g/mol. The Morgan fingerprint density at radius 1 is 1.46 bits per heavy atom. The van der Waals surface area contributed by atoms with Crippen LogP contribution in [0.25, 0.3) is 0 Å². The Hall–Kier alpha value is -2.15. The van der Waals surface area contributed by atoms with E-state index in [9.17, 15) is 4.79 Å². The smallest absolute Gasteiger partial charge is 0.254 e. The molecule has 2 aromatic heterocycles. The van der Waals surface area contributed by atoms with Crippen molar-refractivity contribution in [2.45, 2.75) is 45.4 Å². The predicted molar refractivity (Wildman–Crippen MR) is 89.5 cm³/mol. The third-order valence-corrected chi connectivity index (χ3v) is 4.25. The maximum atomic E-state index is 12.4. The van der Waals surface area contributed by atoms with E-state index in [0.717, 1.165) is 25.1 Å². The highest BCUT2D eigenvalue weighted by molar-refractivity contribution is 5.93. The summed E-state index contributed by atoms with van der Waals surface area (Å²) in [5.74, 6) is 0.427. The van der Waals surface area contributed by atoms with Crippen LogP contribution in [0.5, 0.6) is 0 Å². The number of nitrogens with zero attached hydrogens (tertiary/aromatic N) is 4. The molecule has 0 saturated carbocycles. The van der Waals surface area contributed by atoms with Gasteiger partial charge in [0.1, 0.15) is 6.10 Å². The highest BCUT2D eigenvalue weighted by Gasteiger charge is 2.27. The molecule has 3 heterocycles. The maximum absolute atomic E-state index is 12.4. The minimum atomic E-state index is -0.0688. The third-order valence-electron chi connectivity index (χ3n) is 4.25. The molecule has 0 radical (unpaired) electrons. The fraction of sp³-hybridized carbons (Fsp3) is 0.588. The van der Waals surface area contributed by atoms with Crippen LogP contribution >= 0.6 is 0 Å². The molecule has 2 aromatic rings. The summed E-state index contributed by atoms with van der Waals surface area (Å²) in [5, 5.41) is 7.37. The zero-order valence-electron chi connectivity index (χ0n) is 14.5. The van der Waals surface area contributed by atoms with E-state index < -0.39 is 0 Å². The summed E-state index contributed by atoms with van der Waals surface area (Å²) in [6.07, 6.45) is 8.59. The molecule has 7 nitrogen and oxygen atoms in total. The summed E-state index contributed by atoms with van der Waals surface area (Å²) < 4.78 is 9.62. The van der Waals surface area contributed by atoms with Gasteiger partial charge in [-0.2, -0.15) is 5.10 Å². The van der Waals surface area contributed by atoms with E-state index in [4.69, 9.17) is 4.74 Å². The van der Waals surface area contributed by atoms with Gasteiger partial charge in [-0.25, -0.2) is 4.98 Å². The van der Waals surface area contributed by atoms with Crippen LogP contribution < -0.4 is 5.32 Å². The fourth-order valence-electron chi connectivity index (χ4n) is 3.04. The van der Waals surface area contributed by atoms with Crippen molar-refractivity contribution in [1.82, 2.24) is 24.6 Å². The second-order valence-corrected chi connectivity index (χ2v) is 6.83. The highest BCUT2D eigenvalue weighted by atomic mass is 16.5. The van der Waals surface area contributed by atoms with Crippen LogP contribution in [0.15, 0.2) is 24.9 Å². The summed E-state index contributed by atoms with van der Waals surface area (Å²) in [4.78, 5) is 16.6. The van der Waals surface area contributed by atoms with E-state index in [1.165, 1.54) is 0 Å². The van der Waals surface area contributed by atoms with Crippen LogP contribution in [-0.2, 0) is 18.3 Å². The van der Waals surface area contributed by atoms with Gasteiger partial charge in [-0.1, -0.05) is 13.8 Å². The molecule has 0 unspecified atom stereocenters. The number of imidazole rings is 1. The Kier molecular flexibility index (Phi) is 4.99. The second kappa shape index (κ2) is 7.17. The molecule has 7 heteroatoms. The van der Waals surface area contributed by atoms with Crippen LogP contribution in [0.3, 0.4) is 0 Å². The van der Waals surface area contributed by atoms with Crippen LogP contribution in [-0.4, -0.2) is 37.9 Å². The molecule has 1 aliphatic heterocycles. The molecule has 1 aliphatic rings. The topological polar surface area (TPSA) is 74.0 Å². The molecule has 130 valence electrons. The molecule has 1 fully saturated rings.